The number of alkyl halides is 3. The Balaban J connectivity index is 3.40. The van der Waals surface area contributed by atoms with Gasteiger partial charge >= 0.3 is 6.18 Å². The average molecular weight is 334 g/mol. The fraction of sp³-hybridized carbons (Fsp3) is 0.500. The first kappa shape index (κ1) is 18.5. The van der Waals surface area contributed by atoms with Crippen molar-refractivity contribution in [2.75, 3.05) is 7.11 Å². The van der Waals surface area contributed by atoms with Gasteiger partial charge in [-0.2, -0.15) is 18.4 Å². The van der Waals surface area contributed by atoms with E-state index in [0.29, 0.717) is 5.75 Å². The number of methoxy groups -OCH3 is 1. The van der Waals surface area contributed by atoms with Crippen LogP contribution in [0.3, 0.4) is 0 Å². The smallest absolute Gasteiger partial charge is 0.425 e. The number of ether oxygens (including phenoxy) is 1. The van der Waals surface area contributed by atoms with Gasteiger partial charge in [-0.3, -0.25) is 0 Å². The molecule has 1 rings (SSSR count). The zero-order chi connectivity index (χ0) is 17.2. The number of halogens is 3. The SMILES string of the molecule is COc1ccc([C@](C#N)(NS(=O)C(C)(C)C)C(F)(F)F)cc1. The van der Waals surface area contributed by atoms with Crippen molar-refractivity contribution in [2.45, 2.75) is 37.2 Å². The van der Waals surface area contributed by atoms with E-state index in [1.165, 1.54) is 46.1 Å². The Labute approximate surface area is 129 Å². The van der Waals surface area contributed by atoms with Crippen LogP contribution in [0.1, 0.15) is 26.3 Å². The van der Waals surface area contributed by atoms with Crippen molar-refractivity contribution in [3.63, 3.8) is 0 Å². The summed E-state index contributed by atoms with van der Waals surface area (Å²) in [5.41, 5.74) is -3.40. The normalized spacial score (nSPS) is 16.5. The van der Waals surface area contributed by atoms with Crippen molar-refractivity contribution in [3.05, 3.63) is 29.8 Å². The third-order valence-electron chi connectivity index (χ3n) is 2.92. The van der Waals surface area contributed by atoms with E-state index in [1.807, 2.05) is 4.72 Å². The largest absolute Gasteiger partial charge is 0.497 e. The molecule has 0 aliphatic rings. The van der Waals surface area contributed by atoms with Crippen molar-refractivity contribution in [2.24, 2.45) is 0 Å². The van der Waals surface area contributed by atoms with E-state index in [1.54, 1.807) is 0 Å². The first-order valence-electron chi connectivity index (χ1n) is 6.30. The number of rotatable bonds is 4. The highest BCUT2D eigenvalue weighted by Gasteiger charge is 2.58. The van der Waals surface area contributed by atoms with Crippen molar-refractivity contribution >= 4 is 11.0 Å². The van der Waals surface area contributed by atoms with Gasteiger partial charge in [-0.25, -0.2) is 8.93 Å². The van der Waals surface area contributed by atoms with E-state index in [9.17, 15) is 22.6 Å². The maximum Gasteiger partial charge on any atom is 0.425 e. The molecule has 1 aromatic carbocycles. The van der Waals surface area contributed by atoms with Gasteiger partial charge in [0.2, 0.25) is 5.54 Å². The summed E-state index contributed by atoms with van der Waals surface area (Å²) in [5.74, 6) is 0.356. The minimum absolute atomic E-state index is 0.346. The van der Waals surface area contributed by atoms with Crippen LogP contribution in [0.25, 0.3) is 0 Å². The highest BCUT2D eigenvalue weighted by Crippen LogP contribution is 2.40. The van der Waals surface area contributed by atoms with Crippen LogP contribution in [0.5, 0.6) is 5.75 Å². The second-order valence-corrected chi connectivity index (χ2v) is 7.54. The average Bonchev–Trinajstić information content (AvgIpc) is 2.42. The maximum absolute atomic E-state index is 13.5. The van der Waals surface area contributed by atoms with Gasteiger partial charge in [0.15, 0.2) is 0 Å². The molecule has 0 radical (unpaired) electrons. The second-order valence-electron chi connectivity index (χ2n) is 5.57. The molecule has 2 atom stereocenters. The molecule has 0 saturated carbocycles. The van der Waals surface area contributed by atoms with E-state index in [2.05, 4.69) is 0 Å². The van der Waals surface area contributed by atoms with E-state index in [0.717, 1.165) is 12.1 Å². The molecule has 122 valence electrons. The highest BCUT2D eigenvalue weighted by atomic mass is 32.2. The lowest BCUT2D eigenvalue weighted by Crippen LogP contribution is -2.56. The first-order valence-corrected chi connectivity index (χ1v) is 7.45. The van der Waals surface area contributed by atoms with Gasteiger partial charge < -0.3 is 4.74 Å². The van der Waals surface area contributed by atoms with Gasteiger partial charge in [0.1, 0.15) is 11.8 Å². The molecule has 0 bridgehead atoms. The van der Waals surface area contributed by atoms with Crippen LogP contribution in [-0.4, -0.2) is 22.2 Å². The van der Waals surface area contributed by atoms with Gasteiger partial charge in [-0.15, -0.1) is 0 Å². The van der Waals surface area contributed by atoms with Gasteiger partial charge in [0, 0.05) is 0 Å². The van der Waals surface area contributed by atoms with Gasteiger partial charge in [0.05, 0.1) is 22.8 Å². The van der Waals surface area contributed by atoms with Crippen molar-refractivity contribution in [1.82, 2.24) is 4.72 Å². The third kappa shape index (κ3) is 3.59. The van der Waals surface area contributed by atoms with Crippen molar-refractivity contribution in [1.29, 1.82) is 5.26 Å². The van der Waals surface area contributed by atoms with Crippen LogP contribution in [0.2, 0.25) is 0 Å². The molecule has 0 aromatic heterocycles. The second kappa shape index (κ2) is 6.26. The van der Waals surface area contributed by atoms with Crippen molar-refractivity contribution in [3.8, 4) is 11.8 Å². The Morgan fingerprint density at radius 3 is 2.00 bits per heavy atom. The quantitative estimate of drug-likeness (QED) is 0.921. The predicted octanol–water partition coefficient (Wildman–Crippen LogP) is 3.03. The summed E-state index contributed by atoms with van der Waals surface area (Å²) in [4.78, 5) is 0. The number of benzene rings is 1. The lowest BCUT2D eigenvalue weighted by Gasteiger charge is -2.32. The first-order chi connectivity index (χ1) is 9.98. The molecule has 22 heavy (non-hydrogen) atoms. The van der Waals surface area contributed by atoms with Gasteiger partial charge in [0.25, 0.3) is 0 Å². The Morgan fingerprint density at radius 2 is 1.68 bits per heavy atom. The predicted molar refractivity (Wildman–Crippen MR) is 77.4 cm³/mol. The summed E-state index contributed by atoms with van der Waals surface area (Å²) in [7, 11) is -0.706. The van der Waals surface area contributed by atoms with Crippen LogP contribution in [0.4, 0.5) is 13.2 Å². The molecule has 0 aliphatic heterocycles. The molecule has 0 saturated heterocycles. The molecular weight excluding hydrogens is 317 g/mol. The minimum atomic E-state index is -4.95. The lowest BCUT2D eigenvalue weighted by atomic mass is 9.92. The maximum atomic E-state index is 13.5. The van der Waals surface area contributed by atoms with E-state index >= 15 is 0 Å². The fourth-order valence-electron chi connectivity index (χ4n) is 1.56. The summed E-state index contributed by atoms with van der Waals surface area (Å²) >= 11 is 0. The molecule has 1 aromatic rings. The van der Waals surface area contributed by atoms with Crippen LogP contribution in [0.15, 0.2) is 24.3 Å². The molecule has 8 heteroatoms. The lowest BCUT2D eigenvalue weighted by molar-refractivity contribution is -0.176. The molecule has 0 aliphatic carbocycles. The number of nitrogens with one attached hydrogen (secondary N) is 1. The minimum Gasteiger partial charge on any atom is -0.497 e. The van der Waals surface area contributed by atoms with Gasteiger partial charge in [-0.1, -0.05) is 12.1 Å². The summed E-state index contributed by atoms with van der Waals surface area (Å²) in [6, 6.07) is 6.13. The topological polar surface area (TPSA) is 62.1 Å². The summed E-state index contributed by atoms with van der Waals surface area (Å²) < 4.78 is 58.6. The molecule has 0 fully saturated rings. The zero-order valence-corrected chi connectivity index (χ0v) is 13.4. The van der Waals surface area contributed by atoms with Gasteiger partial charge in [-0.05, 0) is 38.5 Å². The molecule has 1 unspecified atom stereocenters. The summed E-state index contributed by atoms with van der Waals surface area (Å²) in [5, 5.41) is 9.21. The van der Waals surface area contributed by atoms with Crippen LogP contribution in [0, 0.1) is 11.3 Å². The Bertz CT molecular complexity index is 588. The monoisotopic (exact) mass is 334 g/mol. The van der Waals surface area contributed by atoms with Crippen LogP contribution < -0.4 is 9.46 Å². The zero-order valence-electron chi connectivity index (χ0n) is 12.6. The molecular formula is C14H17F3N2O2S. The third-order valence-corrected chi connectivity index (χ3v) is 4.52. The standard InChI is InChI=1S/C14H17F3N2O2S/c1-12(2,3)22(20)19-13(9-18,14(15,16)17)10-5-7-11(21-4)8-6-10/h5-8,19H,1-4H3/t13-,22?/m0/s1. The molecule has 4 nitrogen and oxygen atoms in total. The Kier molecular flexibility index (Phi) is 5.25. The molecule has 0 heterocycles. The summed E-state index contributed by atoms with van der Waals surface area (Å²) in [6.45, 7) is 4.55. The Hall–Kier alpha value is -1.59. The highest BCUT2D eigenvalue weighted by molar-refractivity contribution is 7.84. The molecule has 1 N–H and O–H groups in total. The van der Waals surface area contributed by atoms with Crippen molar-refractivity contribution < 1.29 is 22.1 Å². The number of hydrogen-bond acceptors (Lipinski definition) is 3. The van der Waals surface area contributed by atoms with E-state index in [-0.39, 0.29) is 5.56 Å². The van der Waals surface area contributed by atoms with E-state index < -0.39 is 27.4 Å². The molecule has 0 spiro atoms. The number of nitrogens with zero attached hydrogens (tertiary/aromatic N) is 1. The molecule has 0 amide bonds. The van der Waals surface area contributed by atoms with E-state index in [4.69, 9.17) is 4.74 Å². The number of nitriles is 1. The summed E-state index contributed by atoms with van der Waals surface area (Å²) in [6.07, 6.45) is -4.95. The Morgan fingerprint density at radius 1 is 1.18 bits per heavy atom. The fourth-order valence-corrected chi connectivity index (χ4v) is 2.43. The van der Waals surface area contributed by atoms with Crippen LogP contribution >= 0.6 is 0 Å². The van der Waals surface area contributed by atoms with Crippen LogP contribution in [-0.2, 0) is 16.5 Å². The number of hydrogen-bond donors (Lipinski definition) is 1.